The normalized spacial score (nSPS) is 17.4. The highest BCUT2D eigenvalue weighted by molar-refractivity contribution is 7.99. The highest BCUT2D eigenvalue weighted by atomic mass is 32.2. The predicted molar refractivity (Wildman–Crippen MR) is 95.4 cm³/mol. The molecule has 0 bridgehead atoms. The Morgan fingerprint density at radius 2 is 2.08 bits per heavy atom. The maximum atomic E-state index is 12.9. The van der Waals surface area contributed by atoms with Crippen molar-refractivity contribution in [1.29, 1.82) is 0 Å². The van der Waals surface area contributed by atoms with Gasteiger partial charge in [-0.25, -0.2) is 0 Å². The lowest BCUT2D eigenvalue weighted by molar-refractivity contribution is 0.0730. The third-order valence-electron chi connectivity index (χ3n) is 4.17. The van der Waals surface area contributed by atoms with Gasteiger partial charge in [-0.2, -0.15) is 0 Å². The van der Waals surface area contributed by atoms with Crippen LogP contribution in [0.25, 0.3) is 11.0 Å². The van der Waals surface area contributed by atoms with E-state index in [0.29, 0.717) is 12.3 Å². The van der Waals surface area contributed by atoms with Crippen molar-refractivity contribution in [3.63, 3.8) is 0 Å². The highest BCUT2D eigenvalue weighted by Crippen LogP contribution is 2.40. The number of carbonyl (C=O) groups excluding carboxylic acids is 1. The van der Waals surface area contributed by atoms with E-state index in [1.165, 1.54) is 0 Å². The highest BCUT2D eigenvalue weighted by Gasteiger charge is 2.33. The van der Waals surface area contributed by atoms with Gasteiger partial charge in [0, 0.05) is 17.7 Å². The zero-order valence-corrected chi connectivity index (χ0v) is 14.1. The summed E-state index contributed by atoms with van der Waals surface area (Å²) in [4.78, 5) is 14.8. The van der Waals surface area contributed by atoms with E-state index in [1.807, 2.05) is 59.5 Å². The molecule has 1 amide bonds. The van der Waals surface area contributed by atoms with Gasteiger partial charge in [0.15, 0.2) is 5.76 Å². The van der Waals surface area contributed by atoms with E-state index >= 15 is 0 Å². The number of carbonyl (C=O) groups is 1. The number of rotatable bonds is 3. The number of methoxy groups -OCH3 is 1. The zero-order chi connectivity index (χ0) is 16.5. The first-order valence-corrected chi connectivity index (χ1v) is 8.86. The summed E-state index contributed by atoms with van der Waals surface area (Å²) in [5, 5.41) is 0.937. The molecular weight excluding hydrogens is 322 g/mol. The van der Waals surface area contributed by atoms with Gasteiger partial charge in [-0.1, -0.05) is 30.3 Å². The summed E-state index contributed by atoms with van der Waals surface area (Å²) in [5.74, 6) is 2.04. The third kappa shape index (κ3) is 2.65. The number of fused-ring (bicyclic) bond motifs is 1. The summed E-state index contributed by atoms with van der Waals surface area (Å²) >= 11 is 1.76. The molecule has 1 aliphatic heterocycles. The van der Waals surface area contributed by atoms with Crippen LogP contribution in [0.15, 0.2) is 59.0 Å². The van der Waals surface area contributed by atoms with Crippen LogP contribution in [-0.2, 0) is 0 Å². The standard InChI is InChI=1S/C19H17NO3S/c1-22-15-7-4-6-14(11-15)19-20(9-10-24-19)18(21)17-12-13-5-2-3-8-16(13)23-17/h2-8,11-12,19H,9-10H2,1H3/t19-/m0/s1. The second kappa shape index (κ2) is 6.24. The van der Waals surface area contributed by atoms with Gasteiger partial charge in [0.25, 0.3) is 5.91 Å². The number of nitrogens with zero attached hydrogens (tertiary/aromatic N) is 1. The molecule has 3 aromatic rings. The van der Waals surface area contributed by atoms with Gasteiger partial charge in [-0.3, -0.25) is 4.79 Å². The fourth-order valence-electron chi connectivity index (χ4n) is 2.98. The fraction of sp³-hybridized carbons (Fsp3) is 0.211. The Morgan fingerprint density at radius 1 is 1.21 bits per heavy atom. The molecule has 1 aromatic heterocycles. The summed E-state index contributed by atoms with van der Waals surface area (Å²) in [5.41, 5.74) is 1.81. The minimum atomic E-state index is -0.0657. The molecule has 4 nitrogen and oxygen atoms in total. The van der Waals surface area contributed by atoms with Crippen LogP contribution in [0.3, 0.4) is 0 Å². The monoisotopic (exact) mass is 339 g/mol. The fourth-order valence-corrected chi connectivity index (χ4v) is 4.22. The molecule has 1 atom stereocenters. The molecule has 5 heteroatoms. The average molecular weight is 339 g/mol. The van der Waals surface area contributed by atoms with Crippen molar-refractivity contribution in [3.05, 3.63) is 65.9 Å². The van der Waals surface area contributed by atoms with Crippen LogP contribution in [0, 0.1) is 0 Å². The van der Waals surface area contributed by atoms with Crippen molar-refractivity contribution in [1.82, 2.24) is 4.90 Å². The average Bonchev–Trinajstić information content (AvgIpc) is 3.28. The Bertz CT molecular complexity index is 856. The minimum absolute atomic E-state index is 0.0131. The molecule has 0 unspecified atom stereocenters. The van der Waals surface area contributed by atoms with Crippen LogP contribution in [0.2, 0.25) is 0 Å². The molecule has 1 aliphatic rings. The van der Waals surface area contributed by atoms with Crippen LogP contribution < -0.4 is 4.74 Å². The molecule has 0 radical (unpaired) electrons. The summed E-state index contributed by atoms with van der Waals surface area (Å²) in [6.07, 6.45) is 0. The molecule has 4 rings (SSSR count). The number of ether oxygens (including phenoxy) is 1. The van der Waals surface area contributed by atoms with Crippen molar-refractivity contribution in [2.24, 2.45) is 0 Å². The van der Waals surface area contributed by atoms with Gasteiger partial charge >= 0.3 is 0 Å². The Labute approximate surface area is 144 Å². The smallest absolute Gasteiger partial charge is 0.290 e. The van der Waals surface area contributed by atoms with Crippen LogP contribution in [-0.4, -0.2) is 30.2 Å². The van der Waals surface area contributed by atoms with Crippen LogP contribution in [0.5, 0.6) is 5.75 Å². The molecule has 0 spiro atoms. The van der Waals surface area contributed by atoms with Crippen LogP contribution in [0.1, 0.15) is 21.5 Å². The van der Waals surface area contributed by atoms with Crippen molar-refractivity contribution >= 4 is 28.6 Å². The first-order valence-electron chi connectivity index (χ1n) is 7.81. The number of thioether (sulfide) groups is 1. The van der Waals surface area contributed by atoms with E-state index < -0.39 is 0 Å². The molecule has 1 fully saturated rings. The van der Waals surface area contributed by atoms with E-state index in [9.17, 15) is 4.79 Å². The Hall–Kier alpha value is -2.40. The van der Waals surface area contributed by atoms with E-state index in [4.69, 9.17) is 9.15 Å². The number of hydrogen-bond acceptors (Lipinski definition) is 4. The largest absolute Gasteiger partial charge is 0.497 e. The lowest BCUT2D eigenvalue weighted by Crippen LogP contribution is -2.30. The van der Waals surface area contributed by atoms with Crippen LogP contribution in [0.4, 0.5) is 0 Å². The van der Waals surface area contributed by atoms with Crippen LogP contribution >= 0.6 is 11.8 Å². The van der Waals surface area contributed by atoms with Gasteiger partial charge in [0.1, 0.15) is 16.7 Å². The lowest BCUT2D eigenvalue weighted by atomic mass is 10.2. The van der Waals surface area contributed by atoms with E-state index in [2.05, 4.69) is 0 Å². The molecule has 24 heavy (non-hydrogen) atoms. The summed E-state index contributed by atoms with van der Waals surface area (Å²) < 4.78 is 11.0. The summed E-state index contributed by atoms with van der Waals surface area (Å²) in [6, 6.07) is 17.4. The van der Waals surface area contributed by atoms with Gasteiger partial charge in [-0.05, 0) is 29.8 Å². The third-order valence-corrected chi connectivity index (χ3v) is 5.43. The number of furan rings is 1. The molecule has 1 saturated heterocycles. The zero-order valence-electron chi connectivity index (χ0n) is 13.3. The number of para-hydroxylation sites is 1. The second-order valence-electron chi connectivity index (χ2n) is 5.65. The van der Waals surface area contributed by atoms with Crippen molar-refractivity contribution < 1.29 is 13.9 Å². The number of hydrogen-bond donors (Lipinski definition) is 0. The molecule has 0 aliphatic carbocycles. The Balaban J connectivity index is 1.65. The van der Waals surface area contributed by atoms with Gasteiger partial charge in [0.05, 0.1) is 7.11 Å². The van der Waals surface area contributed by atoms with Crippen molar-refractivity contribution in [3.8, 4) is 5.75 Å². The minimum Gasteiger partial charge on any atom is -0.497 e. The van der Waals surface area contributed by atoms with E-state index in [0.717, 1.165) is 28.0 Å². The first-order chi connectivity index (χ1) is 11.8. The quantitative estimate of drug-likeness (QED) is 0.712. The second-order valence-corrected chi connectivity index (χ2v) is 6.83. The number of amides is 1. The SMILES string of the molecule is COc1cccc([C@@H]2SCCN2C(=O)c2cc3ccccc3o2)c1. The van der Waals surface area contributed by atoms with Gasteiger partial charge in [0.2, 0.25) is 0 Å². The maximum absolute atomic E-state index is 12.9. The number of benzene rings is 2. The summed E-state index contributed by atoms with van der Waals surface area (Å²) in [6.45, 7) is 0.711. The maximum Gasteiger partial charge on any atom is 0.290 e. The molecule has 0 N–H and O–H groups in total. The molecule has 2 aromatic carbocycles. The first kappa shape index (κ1) is 15.1. The lowest BCUT2D eigenvalue weighted by Gasteiger charge is -2.23. The van der Waals surface area contributed by atoms with Crippen molar-refractivity contribution in [2.45, 2.75) is 5.37 Å². The predicted octanol–water partition coefficient (Wildman–Crippen LogP) is 4.33. The molecular formula is C19H17NO3S. The summed E-state index contributed by atoms with van der Waals surface area (Å²) in [7, 11) is 1.65. The van der Waals surface area contributed by atoms with E-state index in [1.54, 1.807) is 18.9 Å². The van der Waals surface area contributed by atoms with Gasteiger partial charge < -0.3 is 14.1 Å². The van der Waals surface area contributed by atoms with Crippen molar-refractivity contribution in [2.75, 3.05) is 19.4 Å². The van der Waals surface area contributed by atoms with E-state index in [-0.39, 0.29) is 11.3 Å². The topological polar surface area (TPSA) is 42.7 Å². The molecule has 0 saturated carbocycles. The molecule has 2 heterocycles. The Kier molecular flexibility index (Phi) is 3.94. The van der Waals surface area contributed by atoms with Gasteiger partial charge in [-0.15, -0.1) is 11.8 Å². The molecule has 122 valence electrons. The Morgan fingerprint density at radius 3 is 2.92 bits per heavy atom.